The van der Waals surface area contributed by atoms with Crippen LogP contribution in [0.3, 0.4) is 0 Å². The predicted molar refractivity (Wildman–Crippen MR) is 125 cm³/mol. The van der Waals surface area contributed by atoms with E-state index in [2.05, 4.69) is 9.88 Å². The van der Waals surface area contributed by atoms with Crippen molar-refractivity contribution in [2.45, 2.75) is 64.8 Å². The van der Waals surface area contributed by atoms with Crippen LogP contribution >= 0.6 is 0 Å². The topological polar surface area (TPSA) is 80.4 Å². The van der Waals surface area contributed by atoms with Crippen molar-refractivity contribution in [1.29, 1.82) is 0 Å². The normalized spacial score (nSPS) is 18.4. The third-order valence-electron chi connectivity index (χ3n) is 7.52. The van der Waals surface area contributed by atoms with Gasteiger partial charge in [0.25, 0.3) is 5.56 Å². The molecule has 0 bridgehead atoms. The van der Waals surface area contributed by atoms with Gasteiger partial charge in [-0.05, 0) is 44.2 Å². The van der Waals surface area contributed by atoms with Crippen LogP contribution in [-0.4, -0.2) is 62.0 Å². The molecule has 1 saturated carbocycles. The van der Waals surface area contributed by atoms with Gasteiger partial charge in [0.2, 0.25) is 5.91 Å². The molecule has 3 heterocycles. The molecule has 8 nitrogen and oxygen atoms in total. The zero-order valence-corrected chi connectivity index (χ0v) is 19.8. The Bertz CT molecular complexity index is 1140. The van der Waals surface area contributed by atoms with Crippen molar-refractivity contribution in [3.8, 4) is 0 Å². The highest BCUT2D eigenvalue weighted by Gasteiger charge is 2.27. The highest BCUT2D eigenvalue weighted by Crippen LogP contribution is 2.24. The van der Waals surface area contributed by atoms with Crippen LogP contribution in [0.4, 0.5) is 0 Å². The molecular weight excluding hydrogens is 406 g/mol. The lowest BCUT2D eigenvalue weighted by Crippen LogP contribution is -2.52. The summed E-state index contributed by atoms with van der Waals surface area (Å²) < 4.78 is 2.53. The van der Waals surface area contributed by atoms with E-state index in [1.54, 1.807) is 7.05 Å². The van der Waals surface area contributed by atoms with Gasteiger partial charge in [-0.1, -0.05) is 19.3 Å². The van der Waals surface area contributed by atoms with Crippen LogP contribution in [0.25, 0.3) is 11.0 Å². The van der Waals surface area contributed by atoms with Crippen molar-refractivity contribution in [2.24, 2.45) is 14.1 Å². The second kappa shape index (κ2) is 9.17. The van der Waals surface area contributed by atoms with Gasteiger partial charge < -0.3 is 4.90 Å². The van der Waals surface area contributed by atoms with Gasteiger partial charge in [0.1, 0.15) is 5.65 Å². The molecule has 2 aromatic rings. The SMILES string of the molecule is Cc1nc2c(c(C)c1CCC(=O)N1CCN(C3CCCCC3)CC1)c(=O)n(C)c(=O)n2C. The van der Waals surface area contributed by atoms with Gasteiger partial charge in [0, 0.05) is 58.4 Å². The first-order valence-corrected chi connectivity index (χ1v) is 11.9. The lowest BCUT2D eigenvalue weighted by molar-refractivity contribution is -0.133. The lowest BCUT2D eigenvalue weighted by atomic mass is 9.94. The molecule has 8 heteroatoms. The number of fused-ring (bicyclic) bond motifs is 1. The zero-order valence-electron chi connectivity index (χ0n) is 19.8. The molecule has 1 aliphatic heterocycles. The maximum atomic E-state index is 12.9. The molecule has 1 aliphatic carbocycles. The van der Waals surface area contributed by atoms with Crippen molar-refractivity contribution in [2.75, 3.05) is 26.2 Å². The van der Waals surface area contributed by atoms with Gasteiger partial charge in [0.15, 0.2) is 0 Å². The number of pyridine rings is 1. The summed E-state index contributed by atoms with van der Waals surface area (Å²) in [5.74, 6) is 0.167. The third-order valence-corrected chi connectivity index (χ3v) is 7.52. The largest absolute Gasteiger partial charge is 0.340 e. The van der Waals surface area contributed by atoms with Crippen molar-refractivity contribution in [3.05, 3.63) is 37.7 Å². The number of aromatic nitrogens is 3. The Balaban J connectivity index is 1.46. The summed E-state index contributed by atoms with van der Waals surface area (Å²) in [6, 6.07) is 0.702. The summed E-state index contributed by atoms with van der Waals surface area (Å²) in [5, 5.41) is 0.462. The van der Waals surface area contributed by atoms with Gasteiger partial charge >= 0.3 is 5.69 Å². The number of hydrogen-bond donors (Lipinski definition) is 0. The van der Waals surface area contributed by atoms with E-state index < -0.39 is 0 Å². The fourth-order valence-corrected chi connectivity index (χ4v) is 5.48. The van der Waals surface area contributed by atoms with Crippen molar-refractivity contribution >= 4 is 16.9 Å². The molecule has 1 amide bonds. The zero-order chi connectivity index (χ0) is 23.0. The van der Waals surface area contributed by atoms with E-state index in [9.17, 15) is 14.4 Å². The minimum absolute atomic E-state index is 0.167. The van der Waals surface area contributed by atoms with Crippen LogP contribution in [0.2, 0.25) is 0 Å². The van der Waals surface area contributed by atoms with E-state index in [-0.39, 0.29) is 17.2 Å². The van der Waals surface area contributed by atoms with Gasteiger partial charge in [-0.2, -0.15) is 0 Å². The van der Waals surface area contributed by atoms with Crippen LogP contribution in [0.15, 0.2) is 9.59 Å². The Morgan fingerprint density at radius 3 is 2.28 bits per heavy atom. The highest BCUT2D eigenvalue weighted by atomic mass is 16.2. The molecule has 2 fully saturated rings. The molecule has 2 aromatic heterocycles. The Labute approximate surface area is 188 Å². The molecule has 0 atom stereocenters. The molecule has 4 rings (SSSR count). The fourth-order valence-electron chi connectivity index (χ4n) is 5.48. The fraction of sp³-hybridized carbons (Fsp3) is 0.667. The van der Waals surface area contributed by atoms with Gasteiger partial charge in [-0.15, -0.1) is 0 Å². The smallest absolute Gasteiger partial charge is 0.332 e. The Morgan fingerprint density at radius 2 is 1.62 bits per heavy atom. The number of amides is 1. The van der Waals surface area contributed by atoms with Gasteiger partial charge in [-0.25, -0.2) is 9.78 Å². The van der Waals surface area contributed by atoms with Crippen LogP contribution in [0, 0.1) is 13.8 Å². The quantitative estimate of drug-likeness (QED) is 0.721. The summed E-state index contributed by atoms with van der Waals surface area (Å²) in [4.78, 5) is 47.1. The number of hydrogen-bond acceptors (Lipinski definition) is 5. The van der Waals surface area contributed by atoms with E-state index in [1.165, 1.54) is 43.7 Å². The molecule has 32 heavy (non-hydrogen) atoms. The molecule has 1 saturated heterocycles. The van der Waals surface area contributed by atoms with Crippen molar-refractivity contribution in [1.82, 2.24) is 23.9 Å². The number of carbonyl (C=O) groups is 1. The molecule has 0 spiro atoms. The van der Waals surface area contributed by atoms with Gasteiger partial charge in [-0.3, -0.25) is 23.6 Å². The molecule has 0 N–H and O–H groups in total. The second-order valence-electron chi connectivity index (χ2n) is 9.41. The van der Waals surface area contributed by atoms with Crippen LogP contribution < -0.4 is 11.2 Å². The molecular formula is C24H35N5O3. The number of piperazine rings is 1. The van der Waals surface area contributed by atoms with E-state index in [1.807, 2.05) is 18.7 Å². The van der Waals surface area contributed by atoms with Crippen LogP contribution in [-0.2, 0) is 25.3 Å². The standard InChI is InChI=1S/C24H35N5O3/c1-16-19(17(2)25-22-21(16)23(31)27(4)24(32)26(22)3)10-11-20(30)29-14-12-28(13-15-29)18-8-6-5-7-9-18/h18H,5-15H2,1-4H3. The lowest BCUT2D eigenvalue weighted by Gasteiger charge is -2.40. The average molecular weight is 442 g/mol. The number of nitrogens with zero attached hydrogens (tertiary/aromatic N) is 5. The Hall–Kier alpha value is -2.48. The number of carbonyl (C=O) groups excluding carboxylic acids is 1. The summed E-state index contributed by atoms with van der Waals surface area (Å²) in [6.45, 7) is 7.31. The molecule has 0 unspecified atom stereocenters. The summed E-state index contributed by atoms with van der Waals surface area (Å²) in [6.07, 6.45) is 7.58. The first-order valence-electron chi connectivity index (χ1n) is 11.9. The van der Waals surface area contributed by atoms with E-state index in [4.69, 9.17) is 0 Å². The van der Waals surface area contributed by atoms with E-state index in [0.717, 1.165) is 47.6 Å². The molecule has 0 radical (unpaired) electrons. The predicted octanol–water partition coefficient (Wildman–Crippen LogP) is 1.66. The number of aryl methyl sites for hydroxylation is 3. The average Bonchev–Trinajstić information content (AvgIpc) is 2.81. The maximum absolute atomic E-state index is 12.9. The Kier molecular flexibility index (Phi) is 6.51. The Morgan fingerprint density at radius 1 is 0.969 bits per heavy atom. The maximum Gasteiger partial charge on any atom is 0.332 e. The minimum Gasteiger partial charge on any atom is -0.340 e. The van der Waals surface area contributed by atoms with Crippen LogP contribution in [0.5, 0.6) is 0 Å². The minimum atomic E-state index is -0.385. The van der Waals surface area contributed by atoms with E-state index >= 15 is 0 Å². The van der Waals surface area contributed by atoms with Crippen molar-refractivity contribution in [3.63, 3.8) is 0 Å². The van der Waals surface area contributed by atoms with Gasteiger partial charge in [0.05, 0.1) is 5.39 Å². The molecule has 0 aromatic carbocycles. The summed E-state index contributed by atoms with van der Waals surface area (Å²) >= 11 is 0. The third kappa shape index (κ3) is 4.12. The second-order valence-corrected chi connectivity index (χ2v) is 9.41. The number of rotatable bonds is 4. The molecule has 2 aliphatic rings. The molecule has 174 valence electrons. The summed E-state index contributed by atoms with van der Waals surface area (Å²) in [5.41, 5.74) is 2.21. The highest BCUT2D eigenvalue weighted by molar-refractivity contribution is 5.81. The first kappa shape index (κ1) is 22.7. The monoisotopic (exact) mass is 441 g/mol. The van der Waals surface area contributed by atoms with Crippen molar-refractivity contribution < 1.29 is 4.79 Å². The van der Waals surface area contributed by atoms with Crippen LogP contribution in [0.1, 0.15) is 55.3 Å². The summed E-state index contributed by atoms with van der Waals surface area (Å²) in [7, 11) is 3.12. The van der Waals surface area contributed by atoms with E-state index in [0.29, 0.717) is 29.9 Å². The first-order chi connectivity index (χ1) is 15.3.